The van der Waals surface area contributed by atoms with Crippen molar-refractivity contribution in [2.24, 2.45) is 17.8 Å². The minimum absolute atomic E-state index is 0.0981. The lowest BCUT2D eigenvalue weighted by atomic mass is 9.79. The normalized spacial score (nSPS) is 24.2. The highest BCUT2D eigenvalue weighted by Crippen LogP contribution is 2.42. The number of allylic oxidation sites excluding steroid dienone is 3. The van der Waals surface area contributed by atoms with E-state index in [2.05, 4.69) is 0 Å². The van der Waals surface area contributed by atoms with Gasteiger partial charge in [-0.1, -0.05) is 45.8 Å². The van der Waals surface area contributed by atoms with Crippen molar-refractivity contribution in [3.8, 4) is 0 Å². The first-order valence-electron chi connectivity index (χ1n) is 9.39. The Bertz CT molecular complexity index is 637. The molecule has 26 heavy (non-hydrogen) atoms. The van der Waals surface area contributed by atoms with Gasteiger partial charge in [0.2, 0.25) is 0 Å². The van der Waals surface area contributed by atoms with E-state index in [0.29, 0.717) is 12.8 Å². The van der Waals surface area contributed by atoms with Crippen molar-refractivity contribution >= 4 is 17.3 Å². The predicted molar refractivity (Wildman–Crippen MR) is 101 cm³/mol. The first-order chi connectivity index (χ1) is 12.0. The second-order valence-corrected chi connectivity index (χ2v) is 7.96. The molecule has 2 N–H and O–H groups in total. The number of hydrogen-bond donors (Lipinski definition) is 2. The zero-order valence-corrected chi connectivity index (χ0v) is 16.8. The minimum Gasteiger partial charge on any atom is -0.508 e. The van der Waals surface area contributed by atoms with Gasteiger partial charge in [0.25, 0.3) is 0 Å². The molecule has 0 aromatic carbocycles. The van der Waals surface area contributed by atoms with Crippen LogP contribution in [0.1, 0.15) is 67.2 Å². The highest BCUT2D eigenvalue weighted by molar-refractivity contribution is 6.26. The van der Waals surface area contributed by atoms with Crippen molar-refractivity contribution in [2.75, 3.05) is 0 Å². The number of hydrogen-bond acceptors (Lipinski definition) is 5. The SMILES string of the molecule is CCC(C)C(=O)C1=C(O)C(O)(C(=O)CC=C(C)C)[C@H](CCC(C)C)C1=O. The van der Waals surface area contributed by atoms with Crippen molar-refractivity contribution in [2.45, 2.75) is 72.8 Å². The fraction of sp³-hybridized carbons (Fsp3) is 0.667. The third-order valence-electron chi connectivity index (χ3n) is 5.12. The van der Waals surface area contributed by atoms with Crippen LogP contribution in [0.15, 0.2) is 23.0 Å². The van der Waals surface area contributed by atoms with Gasteiger partial charge < -0.3 is 10.2 Å². The molecule has 0 fully saturated rings. The third kappa shape index (κ3) is 4.32. The van der Waals surface area contributed by atoms with Gasteiger partial charge in [0.15, 0.2) is 23.0 Å². The Hall–Kier alpha value is -1.75. The van der Waals surface area contributed by atoms with Gasteiger partial charge in [0.1, 0.15) is 11.3 Å². The molecule has 0 bridgehead atoms. The molecule has 0 radical (unpaired) electrons. The van der Waals surface area contributed by atoms with Crippen molar-refractivity contribution in [1.29, 1.82) is 0 Å². The van der Waals surface area contributed by atoms with E-state index in [9.17, 15) is 24.6 Å². The Morgan fingerprint density at radius 1 is 1.23 bits per heavy atom. The number of rotatable bonds is 9. The Balaban J connectivity index is 3.38. The summed E-state index contributed by atoms with van der Waals surface area (Å²) in [5.74, 6) is -3.82. The van der Waals surface area contributed by atoms with E-state index in [1.165, 1.54) is 0 Å². The summed E-state index contributed by atoms with van der Waals surface area (Å²) < 4.78 is 0. The third-order valence-corrected chi connectivity index (χ3v) is 5.12. The summed E-state index contributed by atoms with van der Waals surface area (Å²) in [6, 6.07) is 0. The highest BCUT2D eigenvalue weighted by atomic mass is 16.3. The molecular formula is C21H32O5. The smallest absolute Gasteiger partial charge is 0.191 e. The number of aliphatic hydroxyl groups is 2. The van der Waals surface area contributed by atoms with Crippen molar-refractivity contribution in [3.63, 3.8) is 0 Å². The number of carbonyl (C=O) groups is 3. The van der Waals surface area contributed by atoms with Crippen LogP contribution < -0.4 is 0 Å². The van der Waals surface area contributed by atoms with Crippen LogP contribution in [-0.2, 0) is 14.4 Å². The van der Waals surface area contributed by atoms with Gasteiger partial charge in [-0.25, -0.2) is 0 Å². The minimum atomic E-state index is -2.31. The number of Topliss-reactive ketones (excluding diaryl/α,β-unsaturated/α-hetero) is 3. The van der Waals surface area contributed by atoms with Gasteiger partial charge in [-0.2, -0.15) is 0 Å². The maximum atomic E-state index is 12.9. The van der Waals surface area contributed by atoms with Crippen molar-refractivity contribution in [1.82, 2.24) is 0 Å². The number of carbonyl (C=O) groups excluding carboxylic acids is 3. The van der Waals surface area contributed by atoms with E-state index in [1.807, 2.05) is 34.6 Å². The maximum absolute atomic E-state index is 12.9. The summed E-state index contributed by atoms with van der Waals surface area (Å²) in [5, 5.41) is 21.7. The maximum Gasteiger partial charge on any atom is 0.191 e. The van der Waals surface area contributed by atoms with Gasteiger partial charge in [-0.05, 0) is 32.6 Å². The van der Waals surface area contributed by atoms with E-state index in [4.69, 9.17) is 0 Å². The fourth-order valence-electron chi connectivity index (χ4n) is 3.12. The molecule has 1 aliphatic rings. The molecule has 0 saturated heterocycles. The Morgan fingerprint density at radius 2 is 1.81 bits per heavy atom. The summed E-state index contributed by atoms with van der Waals surface area (Å²) in [6.45, 7) is 11.1. The Labute approximate surface area is 156 Å². The van der Waals surface area contributed by atoms with Crippen LogP contribution in [0.4, 0.5) is 0 Å². The zero-order valence-electron chi connectivity index (χ0n) is 16.8. The molecule has 3 atom stereocenters. The fourth-order valence-corrected chi connectivity index (χ4v) is 3.12. The van der Waals surface area contributed by atoms with Gasteiger partial charge >= 0.3 is 0 Å². The lowest BCUT2D eigenvalue weighted by Crippen LogP contribution is -2.46. The Morgan fingerprint density at radius 3 is 2.27 bits per heavy atom. The lowest BCUT2D eigenvalue weighted by Gasteiger charge is -2.28. The summed E-state index contributed by atoms with van der Waals surface area (Å²) in [7, 11) is 0. The molecular weight excluding hydrogens is 332 g/mol. The highest BCUT2D eigenvalue weighted by Gasteiger charge is 2.58. The van der Waals surface area contributed by atoms with E-state index in [1.54, 1.807) is 13.0 Å². The average molecular weight is 364 g/mol. The number of aliphatic hydroxyl groups excluding tert-OH is 1. The largest absolute Gasteiger partial charge is 0.508 e. The second-order valence-electron chi connectivity index (χ2n) is 7.96. The zero-order chi connectivity index (χ0) is 20.2. The summed E-state index contributed by atoms with van der Waals surface area (Å²) >= 11 is 0. The summed E-state index contributed by atoms with van der Waals surface area (Å²) in [6.07, 6.45) is 2.90. The van der Waals surface area contributed by atoms with E-state index >= 15 is 0 Å². The van der Waals surface area contributed by atoms with E-state index < -0.39 is 40.5 Å². The molecule has 0 heterocycles. The quantitative estimate of drug-likeness (QED) is 0.481. The van der Waals surface area contributed by atoms with Gasteiger partial charge in [-0.15, -0.1) is 0 Å². The van der Waals surface area contributed by atoms with Crippen LogP contribution in [0, 0.1) is 17.8 Å². The molecule has 0 amide bonds. The first-order valence-corrected chi connectivity index (χ1v) is 9.39. The summed E-state index contributed by atoms with van der Waals surface area (Å²) in [5.41, 5.74) is -1.80. The molecule has 2 unspecified atom stereocenters. The molecule has 1 rings (SSSR count). The Kier molecular flexibility index (Phi) is 7.51. The standard InChI is InChI=1S/C21H32O5/c1-7-14(6)18(23)17-19(24)15(10-8-12(2)3)21(26,20(17)25)16(22)11-9-13(4)5/h9,12,14-15,25-26H,7-8,10-11H2,1-6H3/t14?,15-,21?/m1/s1. The molecule has 1 aliphatic carbocycles. The monoisotopic (exact) mass is 364 g/mol. The first kappa shape index (κ1) is 22.3. The number of ketones is 3. The molecule has 0 aromatic heterocycles. The van der Waals surface area contributed by atoms with Gasteiger partial charge in [0, 0.05) is 12.3 Å². The van der Waals surface area contributed by atoms with Crippen LogP contribution in [-0.4, -0.2) is 33.2 Å². The lowest BCUT2D eigenvalue weighted by molar-refractivity contribution is -0.144. The van der Waals surface area contributed by atoms with Gasteiger partial charge in [-0.3, -0.25) is 14.4 Å². The molecule has 0 saturated carbocycles. The topological polar surface area (TPSA) is 91.7 Å². The molecule has 0 spiro atoms. The average Bonchev–Trinajstić information content (AvgIpc) is 2.76. The van der Waals surface area contributed by atoms with Crippen LogP contribution in [0.25, 0.3) is 0 Å². The molecule has 5 heteroatoms. The van der Waals surface area contributed by atoms with Crippen LogP contribution in [0.3, 0.4) is 0 Å². The van der Waals surface area contributed by atoms with Crippen LogP contribution in [0.5, 0.6) is 0 Å². The summed E-state index contributed by atoms with van der Waals surface area (Å²) in [4.78, 5) is 38.2. The van der Waals surface area contributed by atoms with Crippen molar-refractivity contribution in [3.05, 3.63) is 23.0 Å². The molecule has 146 valence electrons. The van der Waals surface area contributed by atoms with E-state index in [0.717, 1.165) is 5.57 Å². The molecule has 0 aromatic rings. The predicted octanol–water partition coefficient (Wildman–Crippen LogP) is 3.71. The second kappa shape index (κ2) is 8.76. The molecule has 5 nitrogen and oxygen atoms in total. The van der Waals surface area contributed by atoms with Gasteiger partial charge in [0.05, 0.1) is 5.92 Å². The van der Waals surface area contributed by atoms with Crippen molar-refractivity contribution < 1.29 is 24.6 Å². The molecule has 0 aliphatic heterocycles. The van der Waals surface area contributed by atoms with Crippen LogP contribution in [0.2, 0.25) is 0 Å². The van der Waals surface area contributed by atoms with Crippen LogP contribution >= 0.6 is 0 Å². The van der Waals surface area contributed by atoms with E-state index in [-0.39, 0.29) is 24.3 Å².